The highest BCUT2D eigenvalue weighted by Gasteiger charge is 2.48. The first-order valence-corrected chi connectivity index (χ1v) is 11.8. The summed E-state index contributed by atoms with van der Waals surface area (Å²) in [7, 11) is 0. The number of hydrogen-bond acceptors (Lipinski definition) is 5. The van der Waals surface area contributed by atoms with Crippen molar-refractivity contribution in [2.45, 2.75) is 77.7 Å². The number of amides is 3. The molecule has 1 saturated carbocycles. The van der Waals surface area contributed by atoms with Crippen molar-refractivity contribution >= 4 is 30.5 Å². The van der Waals surface area contributed by atoms with Crippen LogP contribution in [0.5, 0.6) is 0 Å². The molecular weight excluding hydrogens is 438 g/mol. The molecule has 0 radical (unpaired) electrons. The van der Waals surface area contributed by atoms with Gasteiger partial charge in [0.15, 0.2) is 0 Å². The zero-order valence-electron chi connectivity index (χ0n) is 20.2. The smallest absolute Gasteiger partial charge is 0.408 e. The fourth-order valence-electron chi connectivity index (χ4n) is 3.64. The fourth-order valence-corrected chi connectivity index (χ4v) is 3.88. The van der Waals surface area contributed by atoms with Crippen LogP contribution in [0.2, 0.25) is 0 Å². The van der Waals surface area contributed by atoms with Gasteiger partial charge < -0.3 is 20.3 Å². The molecule has 0 spiro atoms. The van der Waals surface area contributed by atoms with Crippen molar-refractivity contribution in [2.24, 2.45) is 5.92 Å². The Balaban J connectivity index is 2.48. The number of carbonyl (C=O) groups is 3. The largest absolute Gasteiger partial charge is 0.444 e. The van der Waals surface area contributed by atoms with E-state index in [9.17, 15) is 14.4 Å². The van der Waals surface area contributed by atoms with Crippen LogP contribution < -0.4 is 10.6 Å². The second-order valence-corrected chi connectivity index (χ2v) is 10.1. The molecular formula is C25H35N3O4S. The number of thiol groups is 1. The molecule has 1 aliphatic carbocycles. The lowest BCUT2D eigenvalue weighted by atomic mass is 9.97. The van der Waals surface area contributed by atoms with E-state index in [0.717, 1.165) is 6.42 Å². The molecule has 3 amide bonds. The Morgan fingerprint density at radius 1 is 1.24 bits per heavy atom. The van der Waals surface area contributed by atoms with Gasteiger partial charge in [-0.2, -0.15) is 12.6 Å². The lowest BCUT2D eigenvalue weighted by Crippen LogP contribution is -2.55. The Morgan fingerprint density at radius 2 is 1.85 bits per heavy atom. The van der Waals surface area contributed by atoms with E-state index >= 15 is 0 Å². The van der Waals surface area contributed by atoms with Crippen molar-refractivity contribution in [2.75, 3.05) is 5.75 Å². The van der Waals surface area contributed by atoms with Crippen molar-refractivity contribution in [3.63, 3.8) is 0 Å². The molecule has 2 N–H and O–H groups in total. The van der Waals surface area contributed by atoms with Crippen molar-refractivity contribution < 1.29 is 19.1 Å². The fraction of sp³-hybridized carbons (Fsp3) is 0.560. The molecule has 0 heterocycles. The molecule has 4 unspecified atom stereocenters. The first kappa shape index (κ1) is 26.6. The topological polar surface area (TPSA) is 87.7 Å². The van der Waals surface area contributed by atoms with Gasteiger partial charge in [0.25, 0.3) is 0 Å². The van der Waals surface area contributed by atoms with E-state index in [1.807, 2.05) is 20.8 Å². The lowest BCUT2D eigenvalue weighted by molar-refractivity contribution is -0.143. The quantitative estimate of drug-likeness (QED) is 0.399. The molecule has 7 nitrogen and oxygen atoms in total. The van der Waals surface area contributed by atoms with Crippen LogP contribution >= 0.6 is 12.6 Å². The van der Waals surface area contributed by atoms with Crippen LogP contribution in [0.1, 0.15) is 65.1 Å². The van der Waals surface area contributed by atoms with E-state index in [1.54, 1.807) is 49.9 Å². The SMILES string of the molecule is C#Cc1ccccc1C(C(=O)NC(C)C)N(C(=O)C(CS)NC(=O)OC(C)(C)C)C1CC1C. The lowest BCUT2D eigenvalue weighted by Gasteiger charge is -2.35. The first-order valence-electron chi connectivity index (χ1n) is 11.2. The van der Waals surface area contributed by atoms with Gasteiger partial charge in [0.05, 0.1) is 0 Å². The standard InChI is InChI=1S/C25H35N3O4S/c1-8-17-11-9-10-12-18(17)21(22(29)26-15(2)3)28(20-13-16(20)4)23(30)19(14-33)27-24(31)32-25(5,6)7/h1,9-12,15-16,19-21,33H,13-14H2,2-7H3,(H,26,29)(H,27,31). The van der Waals surface area contributed by atoms with Crippen LogP contribution in [0, 0.1) is 18.3 Å². The molecule has 0 aliphatic heterocycles. The summed E-state index contributed by atoms with van der Waals surface area (Å²) >= 11 is 4.30. The highest BCUT2D eigenvalue weighted by Crippen LogP contribution is 2.41. The highest BCUT2D eigenvalue weighted by atomic mass is 32.1. The third kappa shape index (κ3) is 7.16. The molecule has 0 aromatic heterocycles. The number of rotatable bonds is 8. The molecule has 180 valence electrons. The molecule has 1 aromatic carbocycles. The summed E-state index contributed by atoms with van der Waals surface area (Å²) in [5.74, 6) is 2.16. The van der Waals surface area contributed by atoms with Crippen molar-refractivity contribution in [1.82, 2.24) is 15.5 Å². The molecule has 0 saturated heterocycles. The van der Waals surface area contributed by atoms with Gasteiger partial charge in [-0.3, -0.25) is 9.59 Å². The number of nitrogens with one attached hydrogen (secondary N) is 2. The molecule has 2 rings (SSSR count). The molecule has 1 aliphatic rings. The van der Waals surface area contributed by atoms with Crippen LogP contribution in [-0.2, 0) is 14.3 Å². The number of carbonyl (C=O) groups excluding carboxylic acids is 3. The minimum atomic E-state index is -0.969. The van der Waals surface area contributed by atoms with Crippen LogP contribution in [0.3, 0.4) is 0 Å². The summed E-state index contributed by atoms with van der Waals surface area (Å²) in [5.41, 5.74) is 0.389. The Bertz CT molecular complexity index is 919. The third-order valence-corrected chi connectivity index (χ3v) is 5.58. The summed E-state index contributed by atoms with van der Waals surface area (Å²) in [4.78, 5) is 41.2. The molecule has 4 atom stereocenters. The molecule has 8 heteroatoms. The van der Waals surface area contributed by atoms with Gasteiger partial charge in [0.1, 0.15) is 17.7 Å². The van der Waals surface area contributed by atoms with Gasteiger partial charge in [-0.15, -0.1) is 6.42 Å². The normalized spacial score (nSPS) is 19.1. The van der Waals surface area contributed by atoms with Crippen LogP contribution in [0.4, 0.5) is 4.79 Å². The Morgan fingerprint density at radius 3 is 2.33 bits per heavy atom. The number of nitrogens with zero attached hydrogens (tertiary/aromatic N) is 1. The summed E-state index contributed by atoms with van der Waals surface area (Å²) in [6, 6.07) is 4.90. The van der Waals surface area contributed by atoms with E-state index in [1.165, 1.54) is 0 Å². The second-order valence-electron chi connectivity index (χ2n) is 9.70. The average molecular weight is 474 g/mol. The van der Waals surface area contributed by atoms with Gasteiger partial charge in [-0.05, 0) is 58.6 Å². The highest BCUT2D eigenvalue weighted by molar-refractivity contribution is 7.80. The molecule has 1 fully saturated rings. The summed E-state index contributed by atoms with van der Waals surface area (Å²) in [6.07, 6.45) is 5.76. The maximum Gasteiger partial charge on any atom is 0.408 e. The van der Waals surface area contributed by atoms with Gasteiger partial charge in [-0.25, -0.2) is 4.79 Å². The molecule has 1 aromatic rings. The summed E-state index contributed by atoms with van der Waals surface area (Å²) in [6.45, 7) is 11.0. The number of hydrogen-bond donors (Lipinski definition) is 3. The molecule has 33 heavy (non-hydrogen) atoms. The van der Waals surface area contributed by atoms with Crippen LogP contribution in [0.25, 0.3) is 0 Å². The maximum absolute atomic E-state index is 13.8. The van der Waals surface area contributed by atoms with E-state index in [4.69, 9.17) is 11.2 Å². The van der Waals surface area contributed by atoms with Crippen molar-refractivity contribution in [3.8, 4) is 12.3 Å². The average Bonchev–Trinajstić information content (AvgIpc) is 3.43. The number of benzene rings is 1. The van der Waals surface area contributed by atoms with Gasteiger partial charge in [0, 0.05) is 23.4 Å². The van der Waals surface area contributed by atoms with Crippen LogP contribution in [-0.4, -0.2) is 52.3 Å². The van der Waals surface area contributed by atoms with Gasteiger partial charge in [-0.1, -0.05) is 31.0 Å². The van der Waals surface area contributed by atoms with E-state index in [0.29, 0.717) is 11.1 Å². The van der Waals surface area contributed by atoms with E-state index < -0.39 is 29.7 Å². The number of ether oxygens (including phenoxy) is 1. The third-order valence-electron chi connectivity index (χ3n) is 5.22. The van der Waals surface area contributed by atoms with Gasteiger partial charge in [0.2, 0.25) is 11.8 Å². The zero-order chi connectivity index (χ0) is 24.9. The second kappa shape index (κ2) is 11.0. The number of terminal acetylenes is 1. The minimum absolute atomic E-state index is 0.0466. The van der Waals surface area contributed by atoms with Crippen molar-refractivity contribution in [1.29, 1.82) is 0 Å². The summed E-state index contributed by atoms with van der Waals surface area (Å²) < 4.78 is 5.32. The summed E-state index contributed by atoms with van der Waals surface area (Å²) in [5, 5.41) is 5.54. The van der Waals surface area contributed by atoms with E-state index in [2.05, 4.69) is 29.2 Å². The Labute approximate surface area is 202 Å². The Kier molecular flexibility index (Phi) is 8.84. The Hall–Kier alpha value is -2.66. The number of alkyl carbamates (subject to hydrolysis) is 1. The predicted octanol–water partition coefficient (Wildman–Crippen LogP) is 3.29. The molecule has 0 bridgehead atoms. The van der Waals surface area contributed by atoms with Gasteiger partial charge >= 0.3 is 6.09 Å². The monoisotopic (exact) mass is 473 g/mol. The zero-order valence-corrected chi connectivity index (χ0v) is 21.1. The predicted molar refractivity (Wildman–Crippen MR) is 132 cm³/mol. The minimum Gasteiger partial charge on any atom is -0.444 e. The van der Waals surface area contributed by atoms with E-state index in [-0.39, 0.29) is 29.7 Å². The maximum atomic E-state index is 13.8. The van der Waals surface area contributed by atoms with Crippen LogP contribution in [0.15, 0.2) is 24.3 Å². The first-order chi connectivity index (χ1) is 15.4. The van der Waals surface area contributed by atoms with Crippen molar-refractivity contribution in [3.05, 3.63) is 35.4 Å².